The molecular weight excluding hydrogens is 266 g/mol. The Morgan fingerprint density at radius 2 is 2.26 bits per heavy atom. The fourth-order valence-corrected chi connectivity index (χ4v) is 1.64. The van der Waals surface area contributed by atoms with Crippen molar-refractivity contribution in [3.63, 3.8) is 0 Å². The van der Waals surface area contributed by atoms with E-state index in [0.717, 1.165) is 5.69 Å². The number of nitrogens with one attached hydrogen (secondary N) is 2. The third kappa shape index (κ3) is 3.29. The summed E-state index contributed by atoms with van der Waals surface area (Å²) >= 11 is 5.95. The quantitative estimate of drug-likeness (QED) is 0.895. The van der Waals surface area contributed by atoms with Crippen molar-refractivity contribution in [2.24, 2.45) is 0 Å². The largest absolute Gasteiger partial charge is 0.347 e. The molecule has 0 aromatic carbocycles. The number of rotatable bonds is 4. The molecule has 2 aromatic heterocycles. The first-order valence-electron chi connectivity index (χ1n) is 5.86. The molecule has 0 radical (unpaired) electrons. The normalized spacial score (nSPS) is 10.7. The van der Waals surface area contributed by atoms with Gasteiger partial charge in [0.25, 0.3) is 5.91 Å². The van der Waals surface area contributed by atoms with Crippen LogP contribution in [0.3, 0.4) is 0 Å². The van der Waals surface area contributed by atoms with Gasteiger partial charge < -0.3 is 10.3 Å². The van der Waals surface area contributed by atoms with Crippen LogP contribution in [0.25, 0.3) is 0 Å². The van der Waals surface area contributed by atoms with Crippen molar-refractivity contribution in [2.75, 3.05) is 0 Å². The van der Waals surface area contributed by atoms with Gasteiger partial charge in [-0.25, -0.2) is 15.0 Å². The van der Waals surface area contributed by atoms with Crippen LogP contribution >= 0.6 is 11.6 Å². The van der Waals surface area contributed by atoms with Crippen LogP contribution in [0.4, 0.5) is 0 Å². The maximum atomic E-state index is 12.0. The summed E-state index contributed by atoms with van der Waals surface area (Å²) in [5, 5.41) is 2.97. The summed E-state index contributed by atoms with van der Waals surface area (Å²) in [6, 6.07) is 0. The molecule has 0 atom stereocenters. The zero-order valence-electron chi connectivity index (χ0n) is 10.6. The van der Waals surface area contributed by atoms with Gasteiger partial charge in [-0.05, 0) is 0 Å². The lowest BCUT2D eigenvalue weighted by atomic mass is 10.2. The van der Waals surface area contributed by atoms with E-state index in [1.165, 1.54) is 6.20 Å². The van der Waals surface area contributed by atoms with Gasteiger partial charge in [-0.15, -0.1) is 0 Å². The lowest BCUT2D eigenvalue weighted by Gasteiger charge is -2.08. The summed E-state index contributed by atoms with van der Waals surface area (Å²) in [4.78, 5) is 27.1. The van der Waals surface area contributed by atoms with E-state index in [0.29, 0.717) is 12.4 Å². The Kier molecular flexibility index (Phi) is 4.11. The Balaban J connectivity index is 2.11. The SMILES string of the molecule is CC(C)c1ncc(Cl)c(C(=O)NCc2cnc[nH]2)n1. The molecule has 100 valence electrons. The molecule has 1 amide bonds. The minimum Gasteiger partial charge on any atom is -0.347 e. The van der Waals surface area contributed by atoms with Crippen LogP contribution in [0, 0.1) is 0 Å². The highest BCUT2D eigenvalue weighted by molar-refractivity contribution is 6.33. The summed E-state index contributed by atoms with van der Waals surface area (Å²) in [6.45, 7) is 4.25. The number of aromatic nitrogens is 4. The number of imidazole rings is 1. The lowest BCUT2D eigenvalue weighted by molar-refractivity contribution is 0.0945. The number of halogens is 1. The molecule has 2 rings (SSSR count). The van der Waals surface area contributed by atoms with E-state index < -0.39 is 0 Å². The van der Waals surface area contributed by atoms with Crippen LogP contribution in [0.2, 0.25) is 5.02 Å². The van der Waals surface area contributed by atoms with Gasteiger partial charge in [0.15, 0.2) is 0 Å². The van der Waals surface area contributed by atoms with Gasteiger partial charge in [0.2, 0.25) is 0 Å². The molecule has 0 saturated heterocycles. The molecule has 7 heteroatoms. The van der Waals surface area contributed by atoms with E-state index in [1.54, 1.807) is 12.5 Å². The van der Waals surface area contributed by atoms with Gasteiger partial charge in [-0.1, -0.05) is 25.4 Å². The number of hydrogen-bond donors (Lipinski definition) is 2. The van der Waals surface area contributed by atoms with Crippen molar-refractivity contribution >= 4 is 17.5 Å². The van der Waals surface area contributed by atoms with Crippen LogP contribution in [-0.2, 0) is 6.54 Å². The third-order valence-electron chi connectivity index (χ3n) is 2.49. The predicted octanol–water partition coefficient (Wildman–Crippen LogP) is 1.91. The fourth-order valence-electron chi connectivity index (χ4n) is 1.46. The molecule has 2 aromatic rings. The smallest absolute Gasteiger partial charge is 0.271 e. The zero-order chi connectivity index (χ0) is 13.8. The summed E-state index contributed by atoms with van der Waals surface area (Å²) in [6.07, 6.45) is 4.65. The van der Waals surface area contributed by atoms with Crippen molar-refractivity contribution in [1.29, 1.82) is 0 Å². The van der Waals surface area contributed by atoms with E-state index >= 15 is 0 Å². The predicted molar refractivity (Wildman–Crippen MR) is 70.9 cm³/mol. The molecule has 0 aliphatic rings. The van der Waals surface area contributed by atoms with Crippen molar-refractivity contribution < 1.29 is 4.79 Å². The second-order valence-electron chi connectivity index (χ2n) is 4.34. The molecule has 0 aliphatic carbocycles. The molecule has 19 heavy (non-hydrogen) atoms. The highest BCUT2D eigenvalue weighted by atomic mass is 35.5. The van der Waals surface area contributed by atoms with Crippen molar-refractivity contribution in [2.45, 2.75) is 26.3 Å². The van der Waals surface area contributed by atoms with Gasteiger partial charge in [0.05, 0.1) is 29.8 Å². The number of aromatic amines is 1. The van der Waals surface area contributed by atoms with Crippen LogP contribution in [0.1, 0.15) is 41.8 Å². The van der Waals surface area contributed by atoms with Crippen LogP contribution in [0.5, 0.6) is 0 Å². The minimum absolute atomic E-state index is 0.136. The van der Waals surface area contributed by atoms with Crippen molar-refractivity contribution in [3.05, 3.63) is 41.0 Å². The van der Waals surface area contributed by atoms with Crippen LogP contribution in [0.15, 0.2) is 18.7 Å². The van der Waals surface area contributed by atoms with E-state index in [2.05, 4.69) is 25.3 Å². The molecule has 6 nitrogen and oxygen atoms in total. The molecule has 0 unspecified atom stereocenters. The molecule has 0 fully saturated rings. The second kappa shape index (κ2) is 5.79. The summed E-state index contributed by atoms with van der Waals surface area (Å²) in [7, 11) is 0. The zero-order valence-corrected chi connectivity index (χ0v) is 11.4. The Bertz CT molecular complexity index is 568. The Morgan fingerprint density at radius 1 is 1.47 bits per heavy atom. The number of carbonyl (C=O) groups excluding carboxylic acids is 1. The van der Waals surface area contributed by atoms with E-state index in [9.17, 15) is 4.79 Å². The highest BCUT2D eigenvalue weighted by Gasteiger charge is 2.15. The van der Waals surface area contributed by atoms with Gasteiger partial charge in [-0.2, -0.15) is 0 Å². The first-order valence-corrected chi connectivity index (χ1v) is 6.23. The summed E-state index contributed by atoms with van der Waals surface area (Å²) in [5.41, 5.74) is 1.00. The maximum Gasteiger partial charge on any atom is 0.271 e. The molecule has 0 spiro atoms. The summed E-state index contributed by atoms with van der Waals surface area (Å²) in [5.74, 6) is 0.399. The van der Waals surface area contributed by atoms with Gasteiger partial charge in [0.1, 0.15) is 11.5 Å². The third-order valence-corrected chi connectivity index (χ3v) is 2.77. The molecular formula is C12H14ClN5O. The van der Waals surface area contributed by atoms with Crippen molar-refractivity contribution in [3.8, 4) is 0 Å². The topological polar surface area (TPSA) is 83.6 Å². The summed E-state index contributed by atoms with van der Waals surface area (Å²) < 4.78 is 0. The van der Waals surface area contributed by atoms with E-state index in [-0.39, 0.29) is 22.5 Å². The standard InChI is InChI=1S/C12H14ClN5O/c1-7(2)11-15-5-9(13)10(18-11)12(19)16-4-8-3-14-6-17-8/h3,5-7H,4H2,1-2H3,(H,14,17)(H,16,19). The second-order valence-corrected chi connectivity index (χ2v) is 4.75. The van der Waals surface area contributed by atoms with Gasteiger partial charge in [-0.3, -0.25) is 4.79 Å². The lowest BCUT2D eigenvalue weighted by Crippen LogP contribution is -2.25. The maximum absolute atomic E-state index is 12.0. The molecule has 0 bridgehead atoms. The number of amides is 1. The minimum atomic E-state index is -0.330. The average Bonchev–Trinajstić information content (AvgIpc) is 2.89. The average molecular weight is 280 g/mol. The van der Waals surface area contributed by atoms with Crippen molar-refractivity contribution in [1.82, 2.24) is 25.3 Å². The van der Waals surface area contributed by atoms with E-state index in [1.807, 2.05) is 13.8 Å². The molecule has 0 aliphatic heterocycles. The number of nitrogens with zero attached hydrogens (tertiary/aromatic N) is 3. The van der Waals surface area contributed by atoms with Crippen LogP contribution < -0.4 is 5.32 Å². The van der Waals surface area contributed by atoms with E-state index in [4.69, 9.17) is 11.6 Å². The monoisotopic (exact) mass is 279 g/mol. The molecule has 2 N–H and O–H groups in total. The molecule has 2 heterocycles. The highest BCUT2D eigenvalue weighted by Crippen LogP contribution is 2.16. The molecule has 0 saturated carbocycles. The number of carbonyl (C=O) groups is 1. The Hall–Kier alpha value is -1.95. The van der Waals surface area contributed by atoms with Gasteiger partial charge >= 0.3 is 0 Å². The van der Waals surface area contributed by atoms with Gasteiger partial charge in [0, 0.05) is 12.1 Å². The number of H-pyrrole nitrogens is 1. The van der Waals surface area contributed by atoms with Crippen LogP contribution in [-0.4, -0.2) is 25.8 Å². The first-order chi connectivity index (χ1) is 9.08. The Labute approximate surface area is 115 Å². The first kappa shape index (κ1) is 13.5. The fraction of sp³-hybridized carbons (Fsp3) is 0.333. The Morgan fingerprint density at radius 3 is 2.89 bits per heavy atom. The number of hydrogen-bond acceptors (Lipinski definition) is 4.